The Bertz CT molecular complexity index is 325. The lowest BCUT2D eigenvalue weighted by atomic mass is 10.0. The molecule has 0 radical (unpaired) electrons. The second kappa shape index (κ2) is 4.60. The second-order valence-corrected chi connectivity index (χ2v) is 5.50. The fourth-order valence-electron chi connectivity index (χ4n) is 1.72. The number of hydrogen-bond acceptors (Lipinski definition) is 3. The van der Waals surface area contributed by atoms with Crippen molar-refractivity contribution in [2.24, 2.45) is 5.73 Å². The van der Waals surface area contributed by atoms with Gasteiger partial charge in [0.1, 0.15) is 0 Å². The molecular formula is C11H15NS2. The van der Waals surface area contributed by atoms with Crippen LogP contribution in [-0.2, 0) is 5.75 Å². The molecule has 1 aliphatic rings. The van der Waals surface area contributed by atoms with Crippen molar-refractivity contribution in [1.29, 1.82) is 0 Å². The average molecular weight is 225 g/mol. The molecule has 0 saturated heterocycles. The average Bonchev–Trinajstić information content (AvgIpc) is 2.40. The Hall–Kier alpha value is -0.120. The van der Waals surface area contributed by atoms with Crippen LogP contribution in [0.2, 0.25) is 0 Å². The maximum atomic E-state index is 6.15. The van der Waals surface area contributed by atoms with Gasteiger partial charge in [0.2, 0.25) is 0 Å². The van der Waals surface area contributed by atoms with Gasteiger partial charge in [-0.1, -0.05) is 6.07 Å². The molecule has 1 aliphatic heterocycles. The summed E-state index contributed by atoms with van der Waals surface area (Å²) in [5.74, 6) is 2.31. The Labute approximate surface area is 93.8 Å². The van der Waals surface area contributed by atoms with E-state index < -0.39 is 0 Å². The van der Waals surface area contributed by atoms with Crippen molar-refractivity contribution in [3.05, 3.63) is 29.3 Å². The van der Waals surface area contributed by atoms with Crippen molar-refractivity contribution in [2.45, 2.75) is 23.1 Å². The lowest BCUT2D eigenvalue weighted by Gasteiger charge is -2.12. The van der Waals surface area contributed by atoms with E-state index in [0.717, 1.165) is 12.2 Å². The van der Waals surface area contributed by atoms with E-state index in [1.165, 1.54) is 21.8 Å². The molecule has 2 rings (SSSR count). The summed E-state index contributed by atoms with van der Waals surface area (Å²) < 4.78 is 0. The van der Waals surface area contributed by atoms with Gasteiger partial charge in [0.25, 0.3) is 0 Å². The van der Waals surface area contributed by atoms with Crippen LogP contribution in [-0.4, -0.2) is 12.0 Å². The molecule has 1 aromatic carbocycles. The summed E-state index contributed by atoms with van der Waals surface area (Å²) in [7, 11) is 0. The Morgan fingerprint density at radius 2 is 2.36 bits per heavy atom. The van der Waals surface area contributed by atoms with Gasteiger partial charge in [-0.2, -0.15) is 11.8 Å². The van der Waals surface area contributed by atoms with Crippen LogP contribution in [0.5, 0.6) is 0 Å². The fraction of sp³-hybridized carbons (Fsp3) is 0.455. The number of nitrogens with two attached hydrogens (primary N) is 1. The number of rotatable bonds is 1. The Kier molecular flexibility index (Phi) is 3.42. The molecule has 0 bridgehead atoms. The Balaban J connectivity index is 2.39. The summed E-state index contributed by atoms with van der Waals surface area (Å²) in [6.07, 6.45) is 3.22. The molecule has 14 heavy (non-hydrogen) atoms. The Morgan fingerprint density at radius 3 is 3.14 bits per heavy atom. The molecular weight excluding hydrogens is 210 g/mol. The zero-order valence-electron chi connectivity index (χ0n) is 8.32. The van der Waals surface area contributed by atoms with Crippen LogP contribution in [0.25, 0.3) is 0 Å². The number of benzene rings is 1. The molecule has 0 spiro atoms. The lowest BCUT2D eigenvalue weighted by Crippen LogP contribution is -2.11. The highest BCUT2D eigenvalue weighted by Gasteiger charge is 2.15. The molecule has 0 fully saturated rings. The van der Waals surface area contributed by atoms with Gasteiger partial charge in [0.05, 0.1) is 0 Å². The first-order valence-electron chi connectivity index (χ1n) is 4.81. The van der Waals surface area contributed by atoms with Crippen LogP contribution in [0.1, 0.15) is 23.6 Å². The van der Waals surface area contributed by atoms with E-state index in [-0.39, 0.29) is 6.04 Å². The van der Waals surface area contributed by atoms with E-state index in [1.807, 2.05) is 11.8 Å². The second-order valence-electron chi connectivity index (χ2n) is 3.51. The van der Waals surface area contributed by atoms with E-state index in [1.54, 1.807) is 11.8 Å². The molecule has 1 atom stereocenters. The highest BCUT2D eigenvalue weighted by atomic mass is 32.2. The van der Waals surface area contributed by atoms with Gasteiger partial charge >= 0.3 is 0 Å². The summed E-state index contributed by atoms with van der Waals surface area (Å²) in [5, 5.41) is 0. The third kappa shape index (κ3) is 2.10. The highest BCUT2D eigenvalue weighted by Crippen LogP contribution is 2.31. The standard InChI is InChI=1S/C11H15NS2/c1-13-9-3-2-8-7-14-5-4-11(12)10(8)6-9/h2-3,6,11H,4-5,7,12H2,1H3. The van der Waals surface area contributed by atoms with Crippen LogP contribution in [0.3, 0.4) is 0 Å². The maximum absolute atomic E-state index is 6.15. The van der Waals surface area contributed by atoms with Crippen LogP contribution >= 0.6 is 23.5 Å². The zero-order valence-corrected chi connectivity index (χ0v) is 9.96. The summed E-state index contributed by atoms with van der Waals surface area (Å²) in [4.78, 5) is 1.33. The van der Waals surface area contributed by atoms with Crippen LogP contribution < -0.4 is 5.73 Å². The quantitative estimate of drug-likeness (QED) is 0.744. The van der Waals surface area contributed by atoms with E-state index >= 15 is 0 Å². The first-order valence-corrected chi connectivity index (χ1v) is 7.19. The van der Waals surface area contributed by atoms with E-state index in [4.69, 9.17) is 5.73 Å². The monoisotopic (exact) mass is 225 g/mol. The highest BCUT2D eigenvalue weighted by molar-refractivity contribution is 7.98. The predicted octanol–water partition coefficient (Wildman–Crippen LogP) is 3.05. The topological polar surface area (TPSA) is 26.0 Å². The summed E-state index contributed by atoms with van der Waals surface area (Å²) in [6, 6.07) is 6.94. The van der Waals surface area contributed by atoms with Gasteiger partial charge in [-0.05, 0) is 41.7 Å². The fourth-order valence-corrected chi connectivity index (χ4v) is 3.22. The molecule has 1 nitrogen and oxygen atoms in total. The number of fused-ring (bicyclic) bond motifs is 1. The largest absolute Gasteiger partial charge is 0.324 e. The van der Waals surface area contributed by atoms with Crippen molar-refractivity contribution in [1.82, 2.24) is 0 Å². The lowest BCUT2D eigenvalue weighted by molar-refractivity contribution is 0.703. The molecule has 0 saturated carbocycles. The van der Waals surface area contributed by atoms with Gasteiger partial charge in [-0.25, -0.2) is 0 Å². The SMILES string of the molecule is CSc1ccc2c(c1)C(N)CCSC2. The summed E-state index contributed by atoms with van der Waals surface area (Å²) in [5.41, 5.74) is 8.94. The third-order valence-corrected chi connectivity index (χ3v) is 4.35. The van der Waals surface area contributed by atoms with Gasteiger partial charge < -0.3 is 5.73 Å². The van der Waals surface area contributed by atoms with Crippen LogP contribution in [0, 0.1) is 0 Å². The molecule has 1 unspecified atom stereocenters. The molecule has 0 aliphatic carbocycles. The van der Waals surface area contributed by atoms with Crippen molar-refractivity contribution in [3.8, 4) is 0 Å². The van der Waals surface area contributed by atoms with Gasteiger partial charge in [-0.15, -0.1) is 11.8 Å². The van der Waals surface area contributed by atoms with Gasteiger partial charge in [0, 0.05) is 16.7 Å². The zero-order chi connectivity index (χ0) is 9.97. The van der Waals surface area contributed by atoms with Crippen molar-refractivity contribution in [2.75, 3.05) is 12.0 Å². The third-order valence-electron chi connectivity index (χ3n) is 2.58. The van der Waals surface area contributed by atoms with Crippen molar-refractivity contribution < 1.29 is 0 Å². The molecule has 1 heterocycles. The first kappa shape index (κ1) is 10.4. The van der Waals surface area contributed by atoms with Gasteiger partial charge in [-0.3, -0.25) is 0 Å². The van der Waals surface area contributed by atoms with Crippen LogP contribution in [0.15, 0.2) is 23.1 Å². The van der Waals surface area contributed by atoms with E-state index in [9.17, 15) is 0 Å². The minimum absolute atomic E-state index is 0.243. The smallest absolute Gasteiger partial charge is 0.0306 e. The van der Waals surface area contributed by atoms with Crippen molar-refractivity contribution in [3.63, 3.8) is 0 Å². The summed E-state index contributed by atoms with van der Waals surface area (Å²) in [6.45, 7) is 0. The molecule has 3 heteroatoms. The Morgan fingerprint density at radius 1 is 1.50 bits per heavy atom. The molecule has 0 amide bonds. The molecule has 1 aromatic rings. The minimum atomic E-state index is 0.243. The molecule has 0 aromatic heterocycles. The molecule has 2 N–H and O–H groups in total. The van der Waals surface area contributed by atoms with Crippen molar-refractivity contribution >= 4 is 23.5 Å². The predicted molar refractivity (Wildman–Crippen MR) is 65.9 cm³/mol. The summed E-state index contributed by atoms with van der Waals surface area (Å²) >= 11 is 3.78. The molecule has 76 valence electrons. The van der Waals surface area contributed by atoms with E-state index in [0.29, 0.717) is 0 Å². The normalized spacial score (nSPS) is 21.4. The maximum Gasteiger partial charge on any atom is 0.0306 e. The number of hydrogen-bond donors (Lipinski definition) is 1. The van der Waals surface area contributed by atoms with Crippen LogP contribution in [0.4, 0.5) is 0 Å². The first-order chi connectivity index (χ1) is 6.81. The van der Waals surface area contributed by atoms with E-state index in [2.05, 4.69) is 24.5 Å². The number of thioether (sulfide) groups is 2. The van der Waals surface area contributed by atoms with Gasteiger partial charge in [0.15, 0.2) is 0 Å². The minimum Gasteiger partial charge on any atom is -0.324 e.